The largest absolute Gasteiger partial charge is 0.280 e. The van der Waals surface area contributed by atoms with Crippen LogP contribution in [0.25, 0.3) is 11.3 Å². The van der Waals surface area contributed by atoms with E-state index in [4.69, 9.17) is 5.26 Å². The van der Waals surface area contributed by atoms with Gasteiger partial charge in [-0.1, -0.05) is 26.0 Å². The zero-order valence-electron chi connectivity index (χ0n) is 15.2. The first-order valence-corrected chi connectivity index (χ1v) is 10.8. The van der Waals surface area contributed by atoms with Crippen LogP contribution >= 0.6 is 11.3 Å². The molecular weight excluding hydrogens is 378 g/mol. The Hall–Kier alpha value is -2.69. The van der Waals surface area contributed by atoms with Gasteiger partial charge < -0.3 is 0 Å². The van der Waals surface area contributed by atoms with E-state index in [2.05, 4.69) is 9.71 Å². The molecule has 0 unspecified atom stereocenters. The van der Waals surface area contributed by atoms with Crippen LogP contribution in [0, 0.1) is 18.3 Å². The number of nitrogens with one attached hydrogen (secondary N) is 1. The maximum absolute atomic E-state index is 13.1. The highest BCUT2D eigenvalue weighted by atomic mass is 32.2. The van der Waals surface area contributed by atoms with Crippen molar-refractivity contribution >= 4 is 27.0 Å². The fourth-order valence-corrected chi connectivity index (χ4v) is 4.80. The lowest BCUT2D eigenvalue weighted by Crippen LogP contribution is -2.15. The molecule has 3 aromatic rings. The summed E-state index contributed by atoms with van der Waals surface area (Å²) >= 11 is 1.53. The Balaban J connectivity index is 2.04. The van der Waals surface area contributed by atoms with Gasteiger partial charge in [-0.25, -0.2) is 13.4 Å². The van der Waals surface area contributed by atoms with Crippen molar-refractivity contribution in [3.8, 4) is 17.3 Å². The molecule has 1 N–H and O–H groups in total. The number of hydrogen-bond acceptors (Lipinski definition) is 5. The van der Waals surface area contributed by atoms with Crippen LogP contribution in [0.3, 0.4) is 0 Å². The minimum Gasteiger partial charge on any atom is -0.280 e. The molecule has 0 atom stereocenters. The number of nitrogens with zero attached hydrogens (tertiary/aromatic N) is 2. The first-order chi connectivity index (χ1) is 12.8. The molecule has 5 nitrogen and oxygen atoms in total. The number of hydrogen-bond donors (Lipinski definition) is 1. The summed E-state index contributed by atoms with van der Waals surface area (Å²) in [5.74, 6) is 0.0451. The molecule has 1 aromatic heterocycles. The van der Waals surface area contributed by atoms with Crippen molar-refractivity contribution in [2.45, 2.75) is 31.6 Å². The number of sulfonamides is 1. The minimum absolute atomic E-state index is 0.0451. The van der Waals surface area contributed by atoms with Crippen LogP contribution in [0.15, 0.2) is 52.7 Å². The molecule has 0 amide bonds. The van der Waals surface area contributed by atoms with Crippen molar-refractivity contribution in [1.29, 1.82) is 5.26 Å². The molecule has 0 saturated carbocycles. The molecule has 0 saturated heterocycles. The summed E-state index contributed by atoms with van der Waals surface area (Å²) in [7, 11) is -3.79. The van der Waals surface area contributed by atoms with Gasteiger partial charge in [0.05, 0.1) is 27.2 Å². The van der Waals surface area contributed by atoms with Gasteiger partial charge in [-0.15, -0.1) is 11.3 Å². The molecule has 7 heteroatoms. The molecule has 2 aromatic carbocycles. The van der Waals surface area contributed by atoms with Crippen LogP contribution in [0.2, 0.25) is 0 Å². The quantitative estimate of drug-likeness (QED) is 0.663. The van der Waals surface area contributed by atoms with E-state index in [9.17, 15) is 8.42 Å². The normalized spacial score (nSPS) is 11.4. The fraction of sp³-hybridized carbons (Fsp3) is 0.200. The lowest BCUT2D eigenvalue weighted by atomic mass is 10.0. The van der Waals surface area contributed by atoms with E-state index < -0.39 is 10.0 Å². The van der Waals surface area contributed by atoms with E-state index in [0.717, 1.165) is 21.8 Å². The Kier molecular flexibility index (Phi) is 5.31. The Morgan fingerprint density at radius 3 is 2.41 bits per heavy atom. The highest BCUT2D eigenvalue weighted by Crippen LogP contribution is 2.31. The van der Waals surface area contributed by atoms with Gasteiger partial charge in [0, 0.05) is 16.6 Å². The van der Waals surface area contributed by atoms with Gasteiger partial charge in [0.25, 0.3) is 10.0 Å². The lowest BCUT2D eigenvalue weighted by Gasteiger charge is -2.16. The third kappa shape index (κ3) is 4.18. The molecule has 0 aliphatic rings. The summed E-state index contributed by atoms with van der Waals surface area (Å²) in [6.07, 6.45) is 0. The van der Waals surface area contributed by atoms with Crippen LogP contribution in [-0.2, 0) is 10.0 Å². The Morgan fingerprint density at radius 2 is 1.85 bits per heavy atom. The van der Waals surface area contributed by atoms with Gasteiger partial charge in [-0.2, -0.15) is 5.26 Å². The molecule has 0 aliphatic carbocycles. The number of aromatic nitrogens is 1. The van der Waals surface area contributed by atoms with Gasteiger partial charge in [0.15, 0.2) is 0 Å². The number of thiazole rings is 1. The predicted octanol–water partition coefficient (Wildman–Crippen LogP) is 4.91. The van der Waals surface area contributed by atoms with Crippen molar-refractivity contribution < 1.29 is 8.42 Å². The van der Waals surface area contributed by atoms with Crippen LogP contribution < -0.4 is 4.72 Å². The second-order valence-electron chi connectivity index (χ2n) is 6.45. The van der Waals surface area contributed by atoms with Crippen molar-refractivity contribution in [2.24, 2.45) is 0 Å². The third-order valence-electron chi connectivity index (χ3n) is 4.11. The third-order valence-corrected chi connectivity index (χ3v) is 6.32. The Morgan fingerprint density at radius 1 is 1.15 bits per heavy atom. The maximum Gasteiger partial charge on any atom is 0.262 e. The SMILES string of the molecule is Cc1nc(-c2ccc(C(C)C)c(S(=O)(=O)Nc3ccc(C#N)cc3)c2)cs1. The minimum atomic E-state index is -3.79. The molecule has 0 radical (unpaired) electrons. The number of rotatable bonds is 5. The monoisotopic (exact) mass is 397 g/mol. The predicted molar refractivity (Wildman–Crippen MR) is 108 cm³/mol. The molecule has 0 aliphatic heterocycles. The number of anilines is 1. The fourth-order valence-electron chi connectivity index (χ4n) is 2.72. The first kappa shape index (κ1) is 19.1. The van der Waals surface area contributed by atoms with E-state index >= 15 is 0 Å². The molecule has 0 spiro atoms. The second kappa shape index (κ2) is 7.51. The summed E-state index contributed by atoms with van der Waals surface area (Å²) in [5.41, 5.74) is 3.17. The Labute approximate surface area is 163 Å². The molecular formula is C20H19N3O2S2. The average molecular weight is 398 g/mol. The van der Waals surface area contributed by atoms with Crippen LogP contribution in [0.5, 0.6) is 0 Å². The van der Waals surface area contributed by atoms with Gasteiger partial charge >= 0.3 is 0 Å². The highest BCUT2D eigenvalue weighted by molar-refractivity contribution is 7.92. The van der Waals surface area contributed by atoms with Crippen LogP contribution in [0.1, 0.15) is 35.9 Å². The number of benzene rings is 2. The van der Waals surface area contributed by atoms with E-state index in [0.29, 0.717) is 11.3 Å². The molecule has 27 heavy (non-hydrogen) atoms. The summed E-state index contributed by atoms with van der Waals surface area (Å²) in [6.45, 7) is 5.84. The summed E-state index contributed by atoms with van der Waals surface area (Å²) in [4.78, 5) is 4.70. The lowest BCUT2D eigenvalue weighted by molar-refractivity contribution is 0.599. The van der Waals surface area contributed by atoms with Gasteiger partial charge in [0.1, 0.15) is 0 Å². The summed E-state index contributed by atoms with van der Waals surface area (Å²) < 4.78 is 28.8. The van der Waals surface area contributed by atoms with Crippen molar-refractivity contribution in [2.75, 3.05) is 4.72 Å². The smallest absolute Gasteiger partial charge is 0.262 e. The zero-order chi connectivity index (χ0) is 19.6. The van der Waals surface area contributed by atoms with E-state index in [-0.39, 0.29) is 10.8 Å². The summed E-state index contributed by atoms with van der Waals surface area (Å²) in [5, 5.41) is 11.7. The van der Waals surface area contributed by atoms with Crippen LogP contribution in [0.4, 0.5) is 5.69 Å². The standard InChI is InChI=1S/C20H19N3O2S2/c1-13(2)18-9-6-16(19-12-26-14(3)22-19)10-20(18)27(24,25)23-17-7-4-15(11-21)5-8-17/h4-10,12-13,23H,1-3H3. The maximum atomic E-state index is 13.1. The molecule has 0 fully saturated rings. The molecule has 1 heterocycles. The topological polar surface area (TPSA) is 82.8 Å². The van der Waals surface area contributed by atoms with E-state index in [1.54, 1.807) is 30.3 Å². The van der Waals surface area contributed by atoms with E-state index in [1.807, 2.05) is 44.4 Å². The van der Waals surface area contributed by atoms with Gasteiger partial charge in [-0.05, 0) is 48.7 Å². The van der Waals surface area contributed by atoms with Crippen molar-refractivity contribution in [3.05, 3.63) is 64.0 Å². The Bertz CT molecular complexity index is 1110. The zero-order valence-corrected chi connectivity index (χ0v) is 16.9. The second-order valence-corrected chi connectivity index (χ2v) is 9.17. The molecule has 138 valence electrons. The van der Waals surface area contributed by atoms with Crippen LogP contribution in [-0.4, -0.2) is 13.4 Å². The first-order valence-electron chi connectivity index (χ1n) is 8.39. The number of aryl methyl sites for hydroxylation is 1. The van der Waals surface area contributed by atoms with Crippen molar-refractivity contribution in [1.82, 2.24) is 4.98 Å². The van der Waals surface area contributed by atoms with Crippen molar-refractivity contribution in [3.63, 3.8) is 0 Å². The van der Waals surface area contributed by atoms with Gasteiger partial charge in [-0.3, -0.25) is 4.72 Å². The van der Waals surface area contributed by atoms with E-state index in [1.165, 1.54) is 11.3 Å². The highest BCUT2D eigenvalue weighted by Gasteiger charge is 2.22. The molecule has 3 rings (SSSR count). The molecule has 0 bridgehead atoms. The number of nitriles is 1. The summed E-state index contributed by atoms with van der Waals surface area (Å²) in [6, 6.07) is 13.8. The van der Waals surface area contributed by atoms with Gasteiger partial charge in [0.2, 0.25) is 0 Å². The average Bonchev–Trinajstić information content (AvgIpc) is 3.08.